The van der Waals surface area contributed by atoms with E-state index >= 15 is 0 Å². The number of fused-ring (bicyclic) bond motifs is 1. The molecule has 0 bridgehead atoms. The lowest BCUT2D eigenvalue weighted by atomic mass is 10.1. The molecule has 1 aromatic carbocycles. The third-order valence-electron chi connectivity index (χ3n) is 3.09. The Hall–Kier alpha value is -1.63. The van der Waals surface area contributed by atoms with Crippen molar-refractivity contribution < 1.29 is 9.53 Å². The van der Waals surface area contributed by atoms with Gasteiger partial charge in [0, 0.05) is 23.9 Å². The topological polar surface area (TPSA) is 77.2 Å². The van der Waals surface area contributed by atoms with Gasteiger partial charge in [-0.1, -0.05) is 0 Å². The number of amides is 1. The summed E-state index contributed by atoms with van der Waals surface area (Å²) < 4.78 is 5.44. The molecule has 1 amide bonds. The Balaban J connectivity index is 0.00000161. The zero-order chi connectivity index (χ0) is 13.9. The summed E-state index contributed by atoms with van der Waals surface area (Å²) in [6, 6.07) is 5.68. The highest BCUT2D eigenvalue weighted by atomic mass is 35.5. The van der Waals surface area contributed by atoms with Crippen LogP contribution in [-0.2, 0) is 12.8 Å². The van der Waals surface area contributed by atoms with Crippen LogP contribution in [-0.4, -0.2) is 24.0 Å². The molecule has 0 fully saturated rings. The van der Waals surface area contributed by atoms with Crippen molar-refractivity contribution in [1.29, 1.82) is 0 Å². The summed E-state index contributed by atoms with van der Waals surface area (Å²) in [6.07, 6.45) is 1.59. The number of benzene rings is 1. The first-order valence-corrected chi connectivity index (χ1v) is 7.36. The van der Waals surface area contributed by atoms with Gasteiger partial charge in [-0.3, -0.25) is 4.79 Å². The van der Waals surface area contributed by atoms with Crippen molar-refractivity contribution in [2.24, 2.45) is 5.73 Å². The number of nitrogens with one attached hydrogen (secondary N) is 1. The maximum atomic E-state index is 12.1. The van der Waals surface area contributed by atoms with E-state index in [1.165, 1.54) is 11.3 Å². The molecule has 0 spiro atoms. The van der Waals surface area contributed by atoms with Crippen LogP contribution < -0.4 is 15.8 Å². The lowest BCUT2D eigenvalue weighted by molar-refractivity contribution is 0.102. The van der Waals surface area contributed by atoms with Crippen LogP contribution in [0.1, 0.15) is 21.1 Å². The fourth-order valence-corrected chi connectivity index (χ4v) is 2.91. The van der Waals surface area contributed by atoms with Gasteiger partial charge in [-0.25, -0.2) is 4.98 Å². The van der Waals surface area contributed by atoms with Crippen LogP contribution in [0.3, 0.4) is 0 Å². The third kappa shape index (κ3) is 3.53. The summed E-state index contributed by atoms with van der Waals surface area (Å²) in [6.45, 7) is 1.25. The highest BCUT2D eigenvalue weighted by Gasteiger charge is 2.15. The second kappa shape index (κ2) is 6.89. The molecule has 1 aliphatic rings. The van der Waals surface area contributed by atoms with Gasteiger partial charge in [-0.05, 0) is 30.3 Å². The maximum absolute atomic E-state index is 12.1. The van der Waals surface area contributed by atoms with Gasteiger partial charge >= 0.3 is 0 Å². The molecule has 21 heavy (non-hydrogen) atoms. The molecule has 2 aromatic rings. The van der Waals surface area contributed by atoms with Crippen LogP contribution in [0, 0.1) is 0 Å². The van der Waals surface area contributed by atoms with Gasteiger partial charge < -0.3 is 15.8 Å². The van der Waals surface area contributed by atoms with E-state index in [0.717, 1.165) is 28.4 Å². The molecule has 7 heteroatoms. The van der Waals surface area contributed by atoms with Gasteiger partial charge in [0.15, 0.2) is 0 Å². The van der Waals surface area contributed by atoms with Gasteiger partial charge in [0.1, 0.15) is 11.4 Å². The number of nitrogens with two attached hydrogens (primary N) is 1. The van der Waals surface area contributed by atoms with Crippen molar-refractivity contribution in [2.45, 2.75) is 12.8 Å². The molecule has 3 rings (SSSR count). The first-order valence-electron chi connectivity index (χ1n) is 6.48. The fraction of sp³-hybridized carbons (Fsp3) is 0.286. The van der Waals surface area contributed by atoms with Crippen molar-refractivity contribution >= 4 is 35.3 Å². The Labute approximate surface area is 132 Å². The summed E-state index contributed by atoms with van der Waals surface area (Å²) in [5.41, 5.74) is 7.82. The number of carbonyl (C=O) groups excluding carboxylic acids is 1. The van der Waals surface area contributed by atoms with E-state index in [1.807, 2.05) is 18.2 Å². The largest absolute Gasteiger partial charge is 0.493 e. The number of rotatable bonds is 4. The summed E-state index contributed by atoms with van der Waals surface area (Å²) >= 11 is 1.46. The minimum Gasteiger partial charge on any atom is -0.493 e. The predicted octanol–water partition coefficient (Wildman–Crippen LogP) is 2.25. The van der Waals surface area contributed by atoms with Crippen molar-refractivity contribution in [2.75, 3.05) is 18.5 Å². The molecule has 5 nitrogen and oxygen atoms in total. The number of carbonyl (C=O) groups is 1. The zero-order valence-corrected chi connectivity index (χ0v) is 12.9. The first kappa shape index (κ1) is 15.8. The Kier molecular flexibility index (Phi) is 5.17. The number of hydrogen-bond acceptors (Lipinski definition) is 5. The van der Waals surface area contributed by atoms with Crippen LogP contribution in [0.5, 0.6) is 5.75 Å². The minimum absolute atomic E-state index is 0. The number of thiazole rings is 1. The lowest BCUT2D eigenvalue weighted by Gasteiger charge is -2.05. The molecule has 1 aromatic heterocycles. The number of nitrogens with zero attached hydrogens (tertiary/aromatic N) is 1. The van der Waals surface area contributed by atoms with Gasteiger partial charge in [0.2, 0.25) is 0 Å². The Morgan fingerprint density at radius 3 is 3.14 bits per heavy atom. The predicted molar refractivity (Wildman–Crippen MR) is 85.7 cm³/mol. The summed E-state index contributed by atoms with van der Waals surface area (Å²) in [5, 5.41) is 5.51. The zero-order valence-electron chi connectivity index (χ0n) is 11.3. The molecule has 1 aliphatic heterocycles. The van der Waals surface area contributed by atoms with Gasteiger partial charge in [-0.2, -0.15) is 0 Å². The van der Waals surface area contributed by atoms with Crippen molar-refractivity contribution in [3.63, 3.8) is 0 Å². The molecule has 0 aliphatic carbocycles. The molecule has 2 heterocycles. The van der Waals surface area contributed by atoms with Crippen LogP contribution in [0.15, 0.2) is 23.6 Å². The van der Waals surface area contributed by atoms with Crippen LogP contribution >= 0.6 is 23.7 Å². The highest BCUT2D eigenvalue weighted by molar-refractivity contribution is 7.09. The lowest BCUT2D eigenvalue weighted by Crippen LogP contribution is -2.12. The van der Waals surface area contributed by atoms with Crippen molar-refractivity contribution in [1.82, 2.24) is 4.98 Å². The van der Waals surface area contributed by atoms with Gasteiger partial charge in [0.25, 0.3) is 5.91 Å². The molecule has 3 N–H and O–H groups in total. The van der Waals surface area contributed by atoms with E-state index in [1.54, 1.807) is 5.38 Å². The maximum Gasteiger partial charge on any atom is 0.275 e. The third-order valence-corrected chi connectivity index (χ3v) is 4.00. The number of aromatic nitrogens is 1. The quantitative estimate of drug-likeness (QED) is 0.904. The molecular formula is C14H16ClN3O2S. The van der Waals surface area contributed by atoms with Gasteiger partial charge in [0.05, 0.1) is 11.6 Å². The standard InChI is InChI=1S/C14H15N3O2S.ClH/c15-5-3-13-17-11(8-20-13)14(18)16-10-1-2-12-9(7-10)4-6-19-12;/h1-2,7-8H,3-6,15H2,(H,16,18);1H. The molecule has 0 radical (unpaired) electrons. The number of hydrogen-bond donors (Lipinski definition) is 2. The van der Waals surface area contributed by atoms with Crippen LogP contribution in [0.4, 0.5) is 5.69 Å². The molecule has 0 saturated carbocycles. The summed E-state index contributed by atoms with van der Waals surface area (Å²) in [4.78, 5) is 16.4. The van der Waals surface area contributed by atoms with Crippen molar-refractivity contribution in [3.05, 3.63) is 39.8 Å². The molecule has 0 atom stereocenters. The van der Waals surface area contributed by atoms with E-state index in [2.05, 4.69) is 10.3 Å². The Morgan fingerprint density at radius 2 is 2.33 bits per heavy atom. The molecule has 0 saturated heterocycles. The Morgan fingerprint density at radius 1 is 1.48 bits per heavy atom. The normalized spacial score (nSPS) is 12.2. The van der Waals surface area contributed by atoms with E-state index in [9.17, 15) is 4.79 Å². The number of halogens is 1. The second-order valence-corrected chi connectivity index (χ2v) is 5.48. The van der Waals surface area contributed by atoms with Gasteiger partial charge in [-0.15, -0.1) is 23.7 Å². The minimum atomic E-state index is -0.191. The Bertz CT molecular complexity index is 645. The average molecular weight is 326 g/mol. The van der Waals surface area contributed by atoms with E-state index in [-0.39, 0.29) is 18.3 Å². The molecular weight excluding hydrogens is 310 g/mol. The molecule has 112 valence electrons. The fourth-order valence-electron chi connectivity index (χ4n) is 2.11. The monoisotopic (exact) mass is 325 g/mol. The van der Waals surface area contributed by atoms with Crippen LogP contribution in [0.25, 0.3) is 0 Å². The SMILES string of the molecule is Cl.NCCc1nc(C(=O)Nc2ccc3c(c2)CCO3)cs1. The first-order chi connectivity index (χ1) is 9.76. The summed E-state index contributed by atoms with van der Waals surface area (Å²) in [7, 11) is 0. The van der Waals surface area contributed by atoms with E-state index < -0.39 is 0 Å². The van der Waals surface area contributed by atoms with Crippen LogP contribution in [0.2, 0.25) is 0 Å². The van der Waals surface area contributed by atoms with E-state index in [4.69, 9.17) is 10.5 Å². The number of ether oxygens (including phenoxy) is 1. The second-order valence-electron chi connectivity index (χ2n) is 4.54. The molecule has 0 unspecified atom stereocenters. The smallest absolute Gasteiger partial charge is 0.275 e. The highest BCUT2D eigenvalue weighted by Crippen LogP contribution is 2.28. The summed E-state index contributed by atoms with van der Waals surface area (Å²) in [5.74, 6) is 0.713. The van der Waals surface area contributed by atoms with Crippen molar-refractivity contribution in [3.8, 4) is 5.75 Å². The number of anilines is 1. The average Bonchev–Trinajstić information content (AvgIpc) is 3.07. The van der Waals surface area contributed by atoms with E-state index in [0.29, 0.717) is 25.3 Å².